The number of Topliss-reactive ketones (excluding diaryl/α,β-unsaturated/α-hetero) is 1. The number of nitrogens with one attached hydrogen (secondary N) is 1. The van der Waals surface area contributed by atoms with Crippen molar-refractivity contribution in [1.29, 1.82) is 0 Å². The van der Waals surface area contributed by atoms with Crippen LogP contribution < -0.4 is 5.32 Å². The summed E-state index contributed by atoms with van der Waals surface area (Å²) in [5, 5.41) is 2.22. The summed E-state index contributed by atoms with van der Waals surface area (Å²) in [6.07, 6.45) is -0.408. The molecule has 1 aromatic carbocycles. The summed E-state index contributed by atoms with van der Waals surface area (Å²) < 4.78 is 31.5. The van der Waals surface area contributed by atoms with Gasteiger partial charge in [-0.25, -0.2) is 0 Å². The van der Waals surface area contributed by atoms with E-state index in [-0.39, 0.29) is 16.5 Å². The molecule has 1 rings (SSSR count). The molecule has 0 saturated carbocycles. The average Bonchev–Trinajstić information content (AvgIpc) is 2.22. The molecule has 0 aliphatic rings. The Morgan fingerprint density at radius 1 is 1.37 bits per heavy atom. The lowest BCUT2D eigenvalue weighted by atomic mass is 10.2. The molecule has 6 nitrogen and oxygen atoms in total. The van der Waals surface area contributed by atoms with Gasteiger partial charge in [-0.3, -0.25) is 14.1 Å². The van der Waals surface area contributed by atoms with Gasteiger partial charge in [0.15, 0.2) is 0 Å². The molecule has 0 bridgehead atoms. The molecule has 1 aromatic rings. The molecule has 0 fully saturated rings. The van der Waals surface area contributed by atoms with Crippen LogP contribution in [0.25, 0.3) is 0 Å². The molecule has 0 aromatic heterocycles. The lowest BCUT2D eigenvalue weighted by molar-refractivity contribution is -0.124. The van der Waals surface area contributed by atoms with Crippen LogP contribution in [0, 0.1) is 6.92 Å². The molecule has 0 saturated heterocycles. The number of anilines is 1. The number of rotatable bonds is 4. The highest BCUT2D eigenvalue weighted by Crippen LogP contribution is 2.32. The van der Waals surface area contributed by atoms with Gasteiger partial charge in [-0.05, 0) is 25.5 Å². The first-order valence-corrected chi connectivity index (χ1v) is 7.00. The highest BCUT2D eigenvalue weighted by atomic mass is 35.5. The molecule has 0 heterocycles. The largest absolute Gasteiger partial charge is 0.323 e. The molecule has 0 atom stereocenters. The van der Waals surface area contributed by atoms with Crippen LogP contribution in [-0.2, 0) is 19.7 Å². The molecule has 0 unspecified atom stereocenters. The van der Waals surface area contributed by atoms with Gasteiger partial charge in [-0.15, -0.1) is 0 Å². The predicted octanol–water partition coefficient (Wildman–Crippen LogP) is 1.81. The SMILES string of the molecule is CC(=O)CC(=O)Nc1c(S(=O)(=O)O)ccc(C)c1Cl. The molecule has 19 heavy (non-hydrogen) atoms. The number of ketones is 1. The van der Waals surface area contributed by atoms with Gasteiger partial charge in [-0.2, -0.15) is 8.42 Å². The van der Waals surface area contributed by atoms with Crippen molar-refractivity contribution in [1.82, 2.24) is 0 Å². The van der Waals surface area contributed by atoms with E-state index in [1.54, 1.807) is 6.92 Å². The van der Waals surface area contributed by atoms with Crippen LogP contribution in [0.2, 0.25) is 5.02 Å². The van der Waals surface area contributed by atoms with Gasteiger partial charge in [0.05, 0.1) is 17.1 Å². The second-order valence-electron chi connectivity index (χ2n) is 3.97. The third-order valence-corrected chi connectivity index (χ3v) is 3.63. The van der Waals surface area contributed by atoms with E-state index in [1.807, 2.05) is 0 Å². The Morgan fingerprint density at radius 2 is 1.95 bits per heavy atom. The second-order valence-corrected chi connectivity index (χ2v) is 5.74. The Hall–Kier alpha value is -1.44. The zero-order valence-corrected chi connectivity index (χ0v) is 11.8. The van der Waals surface area contributed by atoms with Crippen molar-refractivity contribution in [2.45, 2.75) is 25.2 Å². The van der Waals surface area contributed by atoms with Crippen LogP contribution in [0.5, 0.6) is 0 Å². The van der Waals surface area contributed by atoms with Crippen LogP contribution in [-0.4, -0.2) is 24.7 Å². The summed E-state index contributed by atoms with van der Waals surface area (Å²) in [5.41, 5.74) is 0.294. The third kappa shape index (κ3) is 4.02. The fourth-order valence-electron chi connectivity index (χ4n) is 1.40. The molecule has 0 spiro atoms. The zero-order chi connectivity index (χ0) is 14.8. The summed E-state index contributed by atoms with van der Waals surface area (Å²) in [4.78, 5) is 21.8. The van der Waals surface area contributed by atoms with Gasteiger partial charge in [0.1, 0.15) is 10.7 Å². The average molecular weight is 306 g/mol. The Bertz CT molecular complexity index is 639. The van der Waals surface area contributed by atoms with E-state index in [4.69, 9.17) is 16.2 Å². The van der Waals surface area contributed by atoms with E-state index < -0.39 is 27.3 Å². The van der Waals surface area contributed by atoms with Crippen molar-refractivity contribution in [2.24, 2.45) is 0 Å². The Morgan fingerprint density at radius 3 is 2.42 bits per heavy atom. The molecule has 0 aliphatic carbocycles. The maximum atomic E-state index is 11.5. The van der Waals surface area contributed by atoms with Crippen LogP contribution in [0.1, 0.15) is 18.9 Å². The summed E-state index contributed by atoms with van der Waals surface area (Å²) in [6, 6.07) is 2.52. The first-order chi connectivity index (χ1) is 8.62. The Kier molecular flexibility index (Phi) is 4.67. The van der Waals surface area contributed by atoms with Crippen molar-refractivity contribution in [3.8, 4) is 0 Å². The number of aryl methyl sites for hydroxylation is 1. The topological polar surface area (TPSA) is 101 Å². The molecule has 104 valence electrons. The highest BCUT2D eigenvalue weighted by molar-refractivity contribution is 7.86. The summed E-state index contributed by atoms with van der Waals surface area (Å²) in [5.74, 6) is -1.08. The lowest BCUT2D eigenvalue weighted by Crippen LogP contribution is -2.17. The molecule has 0 aliphatic heterocycles. The van der Waals surface area contributed by atoms with Gasteiger partial charge < -0.3 is 5.32 Å². The fraction of sp³-hybridized carbons (Fsp3) is 0.273. The van der Waals surface area contributed by atoms with E-state index in [0.29, 0.717) is 5.56 Å². The van der Waals surface area contributed by atoms with E-state index in [9.17, 15) is 18.0 Å². The van der Waals surface area contributed by atoms with Crippen molar-refractivity contribution in [3.05, 3.63) is 22.7 Å². The number of hydrogen-bond acceptors (Lipinski definition) is 4. The first-order valence-electron chi connectivity index (χ1n) is 5.19. The van der Waals surface area contributed by atoms with Crippen molar-refractivity contribution in [2.75, 3.05) is 5.32 Å². The van der Waals surface area contributed by atoms with Gasteiger partial charge in [-0.1, -0.05) is 17.7 Å². The molecule has 1 amide bonds. The monoisotopic (exact) mass is 305 g/mol. The van der Waals surface area contributed by atoms with Gasteiger partial charge in [0.2, 0.25) is 5.91 Å². The Balaban J connectivity index is 3.28. The molecular formula is C11H12ClNO5S. The van der Waals surface area contributed by atoms with E-state index in [2.05, 4.69) is 5.32 Å². The van der Waals surface area contributed by atoms with Crippen molar-refractivity contribution < 1.29 is 22.6 Å². The van der Waals surface area contributed by atoms with Crippen molar-refractivity contribution >= 4 is 39.1 Å². The normalized spacial score (nSPS) is 11.2. The van der Waals surface area contributed by atoms with Crippen molar-refractivity contribution in [3.63, 3.8) is 0 Å². The number of benzene rings is 1. The molecular weight excluding hydrogens is 294 g/mol. The van der Waals surface area contributed by atoms with Gasteiger partial charge >= 0.3 is 0 Å². The fourth-order valence-corrected chi connectivity index (χ4v) is 2.32. The van der Waals surface area contributed by atoms with Gasteiger partial charge in [0.25, 0.3) is 10.1 Å². The number of amides is 1. The first kappa shape index (κ1) is 15.6. The van der Waals surface area contributed by atoms with Crippen LogP contribution >= 0.6 is 11.6 Å². The smallest absolute Gasteiger partial charge is 0.296 e. The third-order valence-electron chi connectivity index (χ3n) is 2.25. The Labute approximate surface area is 115 Å². The maximum Gasteiger partial charge on any atom is 0.296 e. The van der Waals surface area contributed by atoms with Crippen LogP contribution in [0.15, 0.2) is 17.0 Å². The highest BCUT2D eigenvalue weighted by Gasteiger charge is 2.21. The van der Waals surface area contributed by atoms with Crippen LogP contribution in [0.3, 0.4) is 0 Å². The van der Waals surface area contributed by atoms with Gasteiger partial charge in [0, 0.05) is 0 Å². The summed E-state index contributed by atoms with van der Waals surface area (Å²) >= 11 is 5.91. The molecule has 0 radical (unpaired) electrons. The minimum Gasteiger partial charge on any atom is -0.323 e. The molecule has 2 N–H and O–H groups in total. The number of halogens is 1. The zero-order valence-electron chi connectivity index (χ0n) is 10.2. The van der Waals surface area contributed by atoms with E-state index in [1.165, 1.54) is 13.0 Å². The predicted molar refractivity (Wildman–Crippen MR) is 69.9 cm³/mol. The lowest BCUT2D eigenvalue weighted by Gasteiger charge is -2.12. The molecule has 8 heteroatoms. The van der Waals surface area contributed by atoms with E-state index in [0.717, 1.165) is 6.07 Å². The number of carbonyl (C=O) groups is 2. The van der Waals surface area contributed by atoms with Crippen LogP contribution in [0.4, 0.5) is 5.69 Å². The number of carbonyl (C=O) groups excluding carboxylic acids is 2. The minimum absolute atomic E-state index is 0.00738. The maximum absolute atomic E-state index is 11.5. The second kappa shape index (κ2) is 5.68. The van der Waals surface area contributed by atoms with E-state index >= 15 is 0 Å². The quantitative estimate of drug-likeness (QED) is 0.652. The standard InChI is InChI=1S/C11H12ClNO5S/c1-6-3-4-8(19(16,17)18)11(10(6)12)13-9(15)5-7(2)14/h3-4H,5H2,1-2H3,(H,13,15)(H,16,17,18). The minimum atomic E-state index is -4.53. The summed E-state index contributed by atoms with van der Waals surface area (Å²) in [7, 11) is -4.53. The number of hydrogen-bond donors (Lipinski definition) is 2. The summed E-state index contributed by atoms with van der Waals surface area (Å²) in [6.45, 7) is 2.83.